The largest absolute Gasteiger partial charge is 0.326 e. The molecule has 0 aliphatic rings. The van der Waals surface area contributed by atoms with Gasteiger partial charge in [-0.25, -0.2) is 4.79 Å². The van der Waals surface area contributed by atoms with E-state index in [4.69, 9.17) is 0 Å². The summed E-state index contributed by atoms with van der Waals surface area (Å²) in [5.74, 6) is 0. The standard InChI is InChI=1S/C12H13N5O/c1-8-5-9(15-16(8)2)7-17-11-3-4-13-6-10(11)14-12(17)18/h3-6H,7H2,1-2H3,(H,14,18). The molecule has 92 valence electrons. The van der Waals surface area contributed by atoms with Gasteiger partial charge in [-0.15, -0.1) is 0 Å². The molecule has 0 atom stereocenters. The van der Waals surface area contributed by atoms with E-state index in [2.05, 4.69) is 15.1 Å². The second-order valence-corrected chi connectivity index (χ2v) is 4.31. The molecule has 0 spiro atoms. The lowest BCUT2D eigenvalue weighted by molar-refractivity contribution is 0.692. The van der Waals surface area contributed by atoms with Gasteiger partial charge in [-0.05, 0) is 19.1 Å². The molecule has 0 aromatic carbocycles. The number of pyridine rings is 1. The zero-order valence-corrected chi connectivity index (χ0v) is 10.2. The zero-order valence-electron chi connectivity index (χ0n) is 10.2. The number of H-pyrrole nitrogens is 1. The minimum absolute atomic E-state index is 0.138. The summed E-state index contributed by atoms with van der Waals surface area (Å²) < 4.78 is 3.47. The summed E-state index contributed by atoms with van der Waals surface area (Å²) in [4.78, 5) is 18.6. The molecule has 0 saturated carbocycles. The highest BCUT2D eigenvalue weighted by atomic mass is 16.1. The average molecular weight is 243 g/mol. The van der Waals surface area contributed by atoms with Crippen LogP contribution in [0, 0.1) is 6.92 Å². The Morgan fingerprint density at radius 3 is 3.00 bits per heavy atom. The van der Waals surface area contributed by atoms with Crippen LogP contribution in [0.25, 0.3) is 11.0 Å². The van der Waals surface area contributed by atoms with Gasteiger partial charge < -0.3 is 4.98 Å². The maximum absolute atomic E-state index is 11.9. The Morgan fingerprint density at radius 2 is 2.28 bits per heavy atom. The van der Waals surface area contributed by atoms with Crippen molar-refractivity contribution in [2.45, 2.75) is 13.5 Å². The number of nitrogens with one attached hydrogen (secondary N) is 1. The molecule has 0 saturated heterocycles. The monoisotopic (exact) mass is 243 g/mol. The van der Waals surface area contributed by atoms with Crippen molar-refractivity contribution in [3.8, 4) is 0 Å². The topological polar surface area (TPSA) is 68.5 Å². The van der Waals surface area contributed by atoms with Crippen LogP contribution in [0.2, 0.25) is 0 Å². The molecule has 6 nitrogen and oxygen atoms in total. The van der Waals surface area contributed by atoms with Gasteiger partial charge in [0, 0.05) is 18.9 Å². The fraction of sp³-hybridized carbons (Fsp3) is 0.250. The van der Waals surface area contributed by atoms with Crippen LogP contribution >= 0.6 is 0 Å². The van der Waals surface area contributed by atoms with Crippen molar-refractivity contribution in [2.24, 2.45) is 7.05 Å². The van der Waals surface area contributed by atoms with E-state index in [0.717, 1.165) is 22.4 Å². The van der Waals surface area contributed by atoms with Gasteiger partial charge in [-0.1, -0.05) is 0 Å². The Bertz CT molecular complexity index is 745. The predicted octanol–water partition coefficient (Wildman–Crippen LogP) is 0.815. The number of fused-ring (bicyclic) bond motifs is 1. The first-order chi connectivity index (χ1) is 8.65. The lowest BCUT2D eigenvalue weighted by Gasteiger charge is -1.99. The summed E-state index contributed by atoms with van der Waals surface area (Å²) >= 11 is 0. The number of hydrogen-bond acceptors (Lipinski definition) is 3. The van der Waals surface area contributed by atoms with Gasteiger partial charge in [0.05, 0.1) is 29.5 Å². The number of aryl methyl sites for hydroxylation is 2. The first-order valence-corrected chi connectivity index (χ1v) is 5.67. The molecular formula is C12H13N5O. The van der Waals surface area contributed by atoms with Crippen molar-refractivity contribution in [1.82, 2.24) is 24.3 Å². The number of nitrogens with zero attached hydrogens (tertiary/aromatic N) is 4. The first-order valence-electron chi connectivity index (χ1n) is 5.67. The Kier molecular flexibility index (Phi) is 2.29. The summed E-state index contributed by atoms with van der Waals surface area (Å²) in [6.45, 7) is 2.45. The van der Waals surface area contributed by atoms with E-state index < -0.39 is 0 Å². The normalized spacial score (nSPS) is 11.2. The van der Waals surface area contributed by atoms with E-state index in [-0.39, 0.29) is 5.69 Å². The van der Waals surface area contributed by atoms with Crippen LogP contribution < -0.4 is 5.69 Å². The smallest absolute Gasteiger partial charge is 0.304 e. The van der Waals surface area contributed by atoms with Gasteiger partial charge in [0.1, 0.15) is 0 Å². The molecule has 3 rings (SSSR count). The van der Waals surface area contributed by atoms with Crippen molar-refractivity contribution in [3.63, 3.8) is 0 Å². The van der Waals surface area contributed by atoms with Crippen LogP contribution in [0.4, 0.5) is 0 Å². The van der Waals surface area contributed by atoms with Gasteiger partial charge in [0.15, 0.2) is 0 Å². The number of aromatic nitrogens is 5. The molecule has 0 fully saturated rings. The Hall–Kier alpha value is -2.37. The van der Waals surface area contributed by atoms with Crippen LogP contribution in [0.1, 0.15) is 11.4 Å². The lowest BCUT2D eigenvalue weighted by atomic mass is 10.3. The summed E-state index contributed by atoms with van der Waals surface area (Å²) in [6, 6.07) is 3.80. The van der Waals surface area contributed by atoms with Gasteiger partial charge in [-0.3, -0.25) is 14.2 Å². The Labute approximate surface area is 103 Å². The SMILES string of the molecule is Cc1cc(Cn2c(=O)[nH]c3cnccc32)nn1C. The summed E-state index contributed by atoms with van der Waals surface area (Å²) in [6.07, 6.45) is 3.33. The van der Waals surface area contributed by atoms with E-state index >= 15 is 0 Å². The van der Waals surface area contributed by atoms with Crippen LogP contribution in [-0.2, 0) is 13.6 Å². The molecule has 3 aromatic heterocycles. The third-order valence-corrected chi connectivity index (χ3v) is 3.06. The minimum Gasteiger partial charge on any atom is -0.304 e. The quantitative estimate of drug-likeness (QED) is 0.724. The van der Waals surface area contributed by atoms with Crippen molar-refractivity contribution < 1.29 is 0 Å². The Balaban J connectivity index is 2.09. The highest BCUT2D eigenvalue weighted by Crippen LogP contribution is 2.10. The molecule has 6 heteroatoms. The third kappa shape index (κ3) is 1.62. The van der Waals surface area contributed by atoms with Gasteiger partial charge in [0.25, 0.3) is 0 Å². The van der Waals surface area contributed by atoms with Crippen molar-refractivity contribution in [2.75, 3.05) is 0 Å². The molecule has 0 aliphatic carbocycles. The van der Waals surface area contributed by atoms with E-state index in [0.29, 0.717) is 6.54 Å². The van der Waals surface area contributed by atoms with Gasteiger partial charge in [-0.2, -0.15) is 5.10 Å². The van der Waals surface area contributed by atoms with Crippen molar-refractivity contribution in [1.29, 1.82) is 0 Å². The molecular weight excluding hydrogens is 230 g/mol. The molecule has 0 radical (unpaired) electrons. The maximum Gasteiger partial charge on any atom is 0.326 e. The number of aromatic amines is 1. The minimum atomic E-state index is -0.138. The second kappa shape index (κ2) is 3.83. The zero-order chi connectivity index (χ0) is 12.7. The van der Waals surface area contributed by atoms with E-state index in [1.807, 2.05) is 26.1 Å². The van der Waals surface area contributed by atoms with Crippen LogP contribution in [0.3, 0.4) is 0 Å². The highest BCUT2D eigenvalue weighted by molar-refractivity contribution is 5.73. The molecule has 0 unspecified atom stereocenters. The number of hydrogen-bond donors (Lipinski definition) is 1. The highest BCUT2D eigenvalue weighted by Gasteiger charge is 2.09. The van der Waals surface area contributed by atoms with Crippen LogP contribution in [-0.4, -0.2) is 24.3 Å². The number of imidazole rings is 1. The average Bonchev–Trinajstić information content (AvgIpc) is 2.82. The molecule has 0 amide bonds. The predicted molar refractivity (Wildman–Crippen MR) is 67.4 cm³/mol. The molecule has 0 bridgehead atoms. The fourth-order valence-electron chi connectivity index (χ4n) is 2.04. The summed E-state index contributed by atoms with van der Waals surface area (Å²) in [5.41, 5.74) is 3.39. The molecule has 0 aliphatic heterocycles. The lowest BCUT2D eigenvalue weighted by Crippen LogP contribution is -2.17. The second-order valence-electron chi connectivity index (χ2n) is 4.31. The molecule has 3 aromatic rings. The fourth-order valence-corrected chi connectivity index (χ4v) is 2.04. The van der Waals surface area contributed by atoms with Crippen molar-refractivity contribution in [3.05, 3.63) is 46.4 Å². The molecule has 3 heterocycles. The molecule has 1 N–H and O–H groups in total. The van der Waals surface area contributed by atoms with E-state index in [1.54, 1.807) is 21.6 Å². The van der Waals surface area contributed by atoms with Gasteiger partial charge in [0.2, 0.25) is 0 Å². The summed E-state index contributed by atoms with van der Waals surface area (Å²) in [7, 11) is 1.89. The van der Waals surface area contributed by atoms with Gasteiger partial charge >= 0.3 is 5.69 Å². The van der Waals surface area contributed by atoms with E-state index in [1.165, 1.54) is 0 Å². The third-order valence-electron chi connectivity index (χ3n) is 3.06. The summed E-state index contributed by atoms with van der Waals surface area (Å²) in [5, 5.41) is 4.36. The first kappa shape index (κ1) is 10.8. The maximum atomic E-state index is 11.9. The number of rotatable bonds is 2. The van der Waals surface area contributed by atoms with Crippen LogP contribution in [0.15, 0.2) is 29.3 Å². The van der Waals surface area contributed by atoms with E-state index in [9.17, 15) is 4.79 Å². The van der Waals surface area contributed by atoms with Crippen LogP contribution in [0.5, 0.6) is 0 Å². The van der Waals surface area contributed by atoms with Crippen molar-refractivity contribution >= 4 is 11.0 Å². The molecule has 18 heavy (non-hydrogen) atoms. The Morgan fingerprint density at radius 1 is 1.44 bits per heavy atom.